The summed E-state index contributed by atoms with van der Waals surface area (Å²) in [6, 6.07) is 0. The number of aryl methyl sites for hydroxylation is 1. The molecule has 0 bridgehead atoms. The van der Waals surface area contributed by atoms with Gasteiger partial charge >= 0.3 is 0 Å². The van der Waals surface area contributed by atoms with E-state index in [9.17, 15) is 4.79 Å². The molecule has 3 rings (SSSR count). The van der Waals surface area contributed by atoms with Crippen molar-refractivity contribution in [3.05, 3.63) is 23.8 Å². The van der Waals surface area contributed by atoms with Crippen LogP contribution in [-0.4, -0.2) is 62.9 Å². The average Bonchev–Trinajstić information content (AvgIpc) is 2.62. The highest BCUT2D eigenvalue weighted by Gasteiger charge is 2.40. The lowest BCUT2D eigenvalue weighted by Crippen LogP contribution is -2.51. The third-order valence-electron chi connectivity index (χ3n) is 5.71. The molecule has 0 atom stereocenters. The number of thioether (sulfide) groups is 1. The molecule has 1 spiro atoms. The summed E-state index contributed by atoms with van der Waals surface area (Å²) in [5.41, 5.74) is 2.12. The maximum atomic E-state index is 12.4. The zero-order valence-corrected chi connectivity index (χ0v) is 17.2. The van der Waals surface area contributed by atoms with E-state index in [-0.39, 0.29) is 5.91 Å². The predicted molar refractivity (Wildman–Crippen MR) is 107 cm³/mol. The molecule has 2 saturated heterocycles. The molecule has 1 aromatic rings. The zero-order valence-electron chi connectivity index (χ0n) is 16.4. The zero-order chi connectivity index (χ0) is 18.6. The van der Waals surface area contributed by atoms with E-state index < -0.39 is 0 Å². The Kier molecular flexibility index (Phi) is 6.56. The Bertz CT molecular complexity index is 596. The van der Waals surface area contributed by atoms with Gasteiger partial charge in [0, 0.05) is 31.5 Å². The highest BCUT2D eigenvalue weighted by atomic mass is 32.2. The molecular formula is C20H32N4OS. The van der Waals surface area contributed by atoms with Crippen LogP contribution in [0.3, 0.4) is 0 Å². The average molecular weight is 377 g/mol. The smallest absolute Gasteiger partial charge is 0.222 e. The molecule has 0 N–H and O–H groups in total. The van der Waals surface area contributed by atoms with Gasteiger partial charge in [-0.25, -0.2) is 0 Å². The Morgan fingerprint density at radius 3 is 2.62 bits per heavy atom. The number of nitrogens with zero attached hydrogens (tertiary/aromatic N) is 4. The molecule has 26 heavy (non-hydrogen) atoms. The summed E-state index contributed by atoms with van der Waals surface area (Å²) in [7, 11) is 0. The standard InChI is InChI=1S/C20H32N4OS/c1-16(2)26-11-10-23-8-6-20(7-9-23)5-4-19(25)24(15-20)14-18-13-21-17(3)12-22-18/h12-13,16H,4-11,14-15H2,1-3H3. The first kappa shape index (κ1) is 19.6. The van der Waals surface area contributed by atoms with Crippen LogP contribution < -0.4 is 0 Å². The third kappa shape index (κ3) is 5.19. The largest absolute Gasteiger partial charge is 0.336 e. The number of likely N-dealkylation sites (tertiary alicyclic amines) is 2. The molecule has 0 aromatic carbocycles. The number of rotatable bonds is 6. The molecule has 0 saturated carbocycles. The van der Waals surface area contributed by atoms with Gasteiger partial charge in [-0.2, -0.15) is 11.8 Å². The second kappa shape index (κ2) is 8.70. The number of aromatic nitrogens is 2. The second-order valence-corrected chi connectivity index (χ2v) is 9.84. The molecule has 0 radical (unpaired) electrons. The van der Waals surface area contributed by atoms with Gasteiger partial charge in [0.05, 0.1) is 24.1 Å². The molecule has 0 unspecified atom stereocenters. The van der Waals surface area contributed by atoms with Crippen molar-refractivity contribution in [1.82, 2.24) is 19.8 Å². The summed E-state index contributed by atoms with van der Waals surface area (Å²) in [5.74, 6) is 1.50. The maximum Gasteiger partial charge on any atom is 0.222 e. The van der Waals surface area contributed by atoms with Crippen molar-refractivity contribution in [1.29, 1.82) is 0 Å². The Morgan fingerprint density at radius 2 is 1.96 bits per heavy atom. The monoisotopic (exact) mass is 376 g/mol. The topological polar surface area (TPSA) is 49.3 Å². The molecule has 2 fully saturated rings. The third-order valence-corrected chi connectivity index (χ3v) is 6.80. The molecule has 5 nitrogen and oxygen atoms in total. The van der Waals surface area contributed by atoms with Gasteiger partial charge in [-0.1, -0.05) is 13.8 Å². The molecule has 144 valence electrons. The minimum Gasteiger partial charge on any atom is -0.336 e. The SMILES string of the molecule is Cc1cnc(CN2CC3(CCC2=O)CCN(CCSC(C)C)CC3)cn1. The normalized spacial score (nSPS) is 20.9. The van der Waals surface area contributed by atoms with Gasteiger partial charge in [-0.15, -0.1) is 0 Å². The molecule has 2 aliphatic heterocycles. The van der Waals surface area contributed by atoms with Crippen molar-refractivity contribution in [3.8, 4) is 0 Å². The van der Waals surface area contributed by atoms with E-state index in [1.807, 2.05) is 23.6 Å². The quantitative estimate of drug-likeness (QED) is 0.763. The van der Waals surface area contributed by atoms with Gasteiger partial charge < -0.3 is 9.80 Å². The molecular weight excluding hydrogens is 344 g/mol. The van der Waals surface area contributed by atoms with Gasteiger partial charge in [0.15, 0.2) is 0 Å². The predicted octanol–water partition coefficient (Wildman–Crippen LogP) is 3.13. The minimum absolute atomic E-state index is 0.272. The summed E-state index contributed by atoms with van der Waals surface area (Å²) in [6.07, 6.45) is 7.75. The van der Waals surface area contributed by atoms with E-state index in [1.54, 1.807) is 12.4 Å². The minimum atomic E-state index is 0.272. The van der Waals surface area contributed by atoms with Crippen molar-refractivity contribution < 1.29 is 4.79 Å². The summed E-state index contributed by atoms with van der Waals surface area (Å²) in [5, 5.41) is 0.717. The lowest BCUT2D eigenvalue weighted by atomic mass is 9.72. The summed E-state index contributed by atoms with van der Waals surface area (Å²) < 4.78 is 0. The van der Waals surface area contributed by atoms with Crippen molar-refractivity contribution >= 4 is 17.7 Å². The van der Waals surface area contributed by atoms with Crippen LogP contribution >= 0.6 is 11.8 Å². The number of hydrogen-bond acceptors (Lipinski definition) is 5. The van der Waals surface area contributed by atoms with E-state index in [4.69, 9.17) is 0 Å². The molecule has 2 aliphatic rings. The van der Waals surface area contributed by atoms with Crippen molar-refractivity contribution in [2.45, 2.75) is 58.2 Å². The Morgan fingerprint density at radius 1 is 1.19 bits per heavy atom. The van der Waals surface area contributed by atoms with E-state index in [0.717, 1.165) is 24.4 Å². The van der Waals surface area contributed by atoms with Crippen LogP contribution in [0.15, 0.2) is 12.4 Å². The van der Waals surface area contributed by atoms with E-state index in [1.165, 1.54) is 38.2 Å². The maximum absolute atomic E-state index is 12.4. The van der Waals surface area contributed by atoms with Gasteiger partial charge in [-0.3, -0.25) is 14.8 Å². The molecule has 0 aliphatic carbocycles. The van der Waals surface area contributed by atoms with E-state index >= 15 is 0 Å². The highest BCUT2D eigenvalue weighted by Crippen LogP contribution is 2.40. The van der Waals surface area contributed by atoms with E-state index in [2.05, 4.69) is 28.7 Å². The van der Waals surface area contributed by atoms with Crippen LogP contribution in [0.4, 0.5) is 0 Å². The van der Waals surface area contributed by atoms with Crippen LogP contribution in [-0.2, 0) is 11.3 Å². The molecule has 6 heteroatoms. The lowest BCUT2D eigenvalue weighted by Gasteiger charge is -2.47. The van der Waals surface area contributed by atoms with Crippen LogP contribution in [0.2, 0.25) is 0 Å². The van der Waals surface area contributed by atoms with Gasteiger partial charge in [0.1, 0.15) is 0 Å². The highest BCUT2D eigenvalue weighted by molar-refractivity contribution is 7.99. The summed E-state index contributed by atoms with van der Waals surface area (Å²) in [6.45, 7) is 11.5. The first-order valence-electron chi connectivity index (χ1n) is 9.85. The Balaban J connectivity index is 1.53. The van der Waals surface area contributed by atoms with Crippen LogP contribution in [0.1, 0.15) is 50.9 Å². The van der Waals surface area contributed by atoms with E-state index in [0.29, 0.717) is 23.6 Å². The van der Waals surface area contributed by atoms with Crippen molar-refractivity contribution in [3.63, 3.8) is 0 Å². The van der Waals surface area contributed by atoms with Crippen molar-refractivity contribution in [2.24, 2.45) is 5.41 Å². The van der Waals surface area contributed by atoms with Gasteiger partial charge in [0.25, 0.3) is 0 Å². The van der Waals surface area contributed by atoms with Crippen LogP contribution in [0.5, 0.6) is 0 Å². The number of piperidine rings is 2. The Hall–Kier alpha value is -1.14. The second-order valence-electron chi connectivity index (χ2n) is 8.16. The fourth-order valence-electron chi connectivity index (χ4n) is 4.02. The fraction of sp³-hybridized carbons (Fsp3) is 0.750. The number of carbonyl (C=O) groups excluding carboxylic acids is 1. The number of amides is 1. The first-order valence-corrected chi connectivity index (χ1v) is 10.9. The fourth-order valence-corrected chi connectivity index (χ4v) is 4.85. The molecule has 1 aromatic heterocycles. The first-order chi connectivity index (χ1) is 12.5. The van der Waals surface area contributed by atoms with Crippen LogP contribution in [0, 0.1) is 12.3 Å². The molecule has 1 amide bonds. The summed E-state index contributed by atoms with van der Waals surface area (Å²) >= 11 is 2.05. The van der Waals surface area contributed by atoms with Crippen LogP contribution in [0.25, 0.3) is 0 Å². The van der Waals surface area contributed by atoms with Crippen molar-refractivity contribution in [2.75, 3.05) is 31.9 Å². The molecule has 3 heterocycles. The number of hydrogen-bond donors (Lipinski definition) is 0. The Labute approximate surface area is 162 Å². The number of carbonyl (C=O) groups is 1. The van der Waals surface area contributed by atoms with Gasteiger partial charge in [0.2, 0.25) is 5.91 Å². The lowest BCUT2D eigenvalue weighted by molar-refractivity contribution is -0.140. The van der Waals surface area contributed by atoms with Gasteiger partial charge in [-0.05, 0) is 49.9 Å². The summed E-state index contributed by atoms with van der Waals surface area (Å²) in [4.78, 5) is 25.8.